The highest BCUT2D eigenvalue weighted by Crippen LogP contribution is 2.33. The standard InChI is InChI=1S/C19H23N3O/c23-19(15-11-10-13-6-4-5-7-14(13)15)20-12-18-16-8-2-1-3-9-17(16)21-22-18/h4-7,15H,1-3,8-12H2,(H,20,23)(H,21,22)/t15-/m0/s1. The number of H-pyrrole nitrogens is 1. The van der Waals surface area contributed by atoms with E-state index in [0.717, 1.165) is 31.4 Å². The molecule has 2 aromatic rings. The average molecular weight is 309 g/mol. The van der Waals surface area contributed by atoms with Crippen molar-refractivity contribution in [3.63, 3.8) is 0 Å². The molecule has 1 amide bonds. The summed E-state index contributed by atoms with van der Waals surface area (Å²) >= 11 is 0. The molecule has 0 spiro atoms. The van der Waals surface area contributed by atoms with Crippen molar-refractivity contribution in [2.24, 2.45) is 0 Å². The van der Waals surface area contributed by atoms with Gasteiger partial charge in [0.2, 0.25) is 5.91 Å². The molecular weight excluding hydrogens is 286 g/mol. The van der Waals surface area contributed by atoms with Crippen molar-refractivity contribution in [2.75, 3.05) is 0 Å². The molecule has 0 radical (unpaired) electrons. The molecule has 4 heteroatoms. The van der Waals surface area contributed by atoms with Gasteiger partial charge in [-0.1, -0.05) is 30.7 Å². The Balaban J connectivity index is 1.44. The first-order chi connectivity index (χ1) is 11.3. The summed E-state index contributed by atoms with van der Waals surface area (Å²) in [6.45, 7) is 0.545. The van der Waals surface area contributed by atoms with Crippen molar-refractivity contribution in [1.29, 1.82) is 0 Å². The molecule has 2 N–H and O–H groups in total. The van der Waals surface area contributed by atoms with Crippen LogP contribution in [0.2, 0.25) is 0 Å². The lowest BCUT2D eigenvalue weighted by atomic mass is 10.0. The molecule has 0 saturated heterocycles. The molecule has 0 saturated carbocycles. The lowest BCUT2D eigenvalue weighted by molar-refractivity contribution is -0.122. The number of nitrogens with zero attached hydrogens (tertiary/aromatic N) is 1. The number of carbonyl (C=O) groups is 1. The fraction of sp³-hybridized carbons (Fsp3) is 0.474. The molecule has 0 unspecified atom stereocenters. The number of aromatic nitrogens is 2. The largest absolute Gasteiger partial charge is 0.350 e. The van der Waals surface area contributed by atoms with E-state index in [4.69, 9.17) is 0 Å². The number of fused-ring (bicyclic) bond motifs is 2. The third kappa shape index (κ3) is 2.78. The summed E-state index contributed by atoms with van der Waals surface area (Å²) < 4.78 is 0. The quantitative estimate of drug-likeness (QED) is 0.856. The number of amides is 1. The van der Waals surface area contributed by atoms with E-state index in [9.17, 15) is 4.79 Å². The Morgan fingerprint density at radius 2 is 2.04 bits per heavy atom. The number of hydrogen-bond donors (Lipinski definition) is 2. The first-order valence-corrected chi connectivity index (χ1v) is 8.73. The van der Waals surface area contributed by atoms with E-state index < -0.39 is 0 Å². The van der Waals surface area contributed by atoms with Crippen molar-refractivity contribution in [2.45, 2.75) is 57.4 Å². The van der Waals surface area contributed by atoms with Gasteiger partial charge in [-0.2, -0.15) is 5.10 Å². The minimum atomic E-state index is 0.00347. The van der Waals surface area contributed by atoms with Crippen LogP contribution in [0.25, 0.3) is 0 Å². The van der Waals surface area contributed by atoms with E-state index in [-0.39, 0.29) is 11.8 Å². The molecule has 0 bridgehead atoms. The van der Waals surface area contributed by atoms with Crippen LogP contribution >= 0.6 is 0 Å². The minimum Gasteiger partial charge on any atom is -0.350 e. The lowest BCUT2D eigenvalue weighted by Crippen LogP contribution is -2.28. The van der Waals surface area contributed by atoms with E-state index in [2.05, 4.69) is 33.7 Å². The van der Waals surface area contributed by atoms with Crippen molar-refractivity contribution >= 4 is 5.91 Å². The number of hydrogen-bond acceptors (Lipinski definition) is 2. The SMILES string of the molecule is O=C(NCc1n[nH]c2c1CCCCC2)[C@H]1CCc2ccccc21. The molecule has 2 aliphatic rings. The second kappa shape index (κ2) is 6.19. The van der Waals surface area contributed by atoms with Gasteiger partial charge in [0.15, 0.2) is 0 Å². The normalized spacial score (nSPS) is 19.7. The second-order valence-corrected chi connectivity index (χ2v) is 6.70. The summed E-state index contributed by atoms with van der Waals surface area (Å²) in [6.07, 6.45) is 7.85. The lowest BCUT2D eigenvalue weighted by Gasteiger charge is -2.12. The summed E-state index contributed by atoms with van der Waals surface area (Å²) in [5.41, 5.74) is 6.17. The predicted octanol–water partition coefficient (Wildman–Crippen LogP) is 3.02. The molecule has 1 atom stereocenters. The number of rotatable bonds is 3. The average Bonchev–Trinajstić information content (AvgIpc) is 3.10. The van der Waals surface area contributed by atoms with E-state index in [0.29, 0.717) is 6.54 Å². The second-order valence-electron chi connectivity index (χ2n) is 6.70. The fourth-order valence-corrected chi connectivity index (χ4v) is 4.00. The van der Waals surface area contributed by atoms with Gasteiger partial charge in [-0.15, -0.1) is 0 Å². The molecule has 2 aliphatic carbocycles. The van der Waals surface area contributed by atoms with Crippen LogP contribution in [0.5, 0.6) is 0 Å². The molecule has 120 valence electrons. The molecule has 1 aromatic carbocycles. The molecule has 0 aliphatic heterocycles. The van der Waals surface area contributed by atoms with Gasteiger partial charge >= 0.3 is 0 Å². The highest BCUT2D eigenvalue weighted by Gasteiger charge is 2.28. The first kappa shape index (κ1) is 14.5. The molecule has 4 nitrogen and oxygen atoms in total. The number of aryl methyl sites for hydroxylation is 2. The zero-order valence-electron chi connectivity index (χ0n) is 13.4. The Labute approximate surface area is 136 Å². The Morgan fingerprint density at radius 1 is 1.17 bits per heavy atom. The van der Waals surface area contributed by atoms with Gasteiger partial charge in [0.05, 0.1) is 18.2 Å². The number of carbonyl (C=O) groups excluding carboxylic acids is 1. The van der Waals surface area contributed by atoms with Crippen molar-refractivity contribution in [3.8, 4) is 0 Å². The number of aromatic amines is 1. The molecule has 4 rings (SSSR count). The van der Waals surface area contributed by atoms with E-state index in [1.807, 2.05) is 6.07 Å². The highest BCUT2D eigenvalue weighted by molar-refractivity contribution is 5.84. The Hall–Kier alpha value is -2.10. The minimum absolute atomic E-state index is 0.00347. The summed E-state index contributed by atoms with van der Waals surface area (Å²) in [7, 11) is 0. The van der Waals surface area contributed by atoms with Gasteiger partial charge in [-0.25, -0.2) is 0 Å². The molecule has 0 fully saturated rings. The maximum absolute atomic E-state index is 12.6. The zero-order valence-corrected chi connectivity index (χ0v) is 13.4. The predicted molar refractivity (Wildman–Crippen MR) is 89.2 cm³/mol. The third-order valence-corrected chi connectivity index (χ3v) is 5.27. The van der Waals surface area contributed by atoms with E-state index in [1.165, 1.54) is 41.6 Å². The topological polar surface area (TPSA) is 57.8 Å². The van der Waals surface area contributed by atoms with Crippen molar-refractivity contribution < 1.29 is 4.79 Å². The summed E-state index contributed by atoms with van der Waals surface area (Å²) in [6, 6.07) is 8.31. The maximum atomic E-state index is 12.6. The van der Waals surface area contributed by atoms with Crippen LogP contribution in [0.1, 0.15) is 59.7 Å². The monoisotopic (exact) mass is 309 g/mol. The van der Waals surface area contributed by atoms with Crippen LogP contribution in [0.15, 0.2) is 24.3 Å². The molecular formula is C19H23N3O. The van der Waals surface area contributed by atoms with E-state index in [1.54, 1.807) is 0 Å². The van der Waals surface area contributed by atoms with Crippen molar-refractivity contribution in [3.05, 3.63) is 52.3 Å². The number of nitrogens with one attached hydrogen (secondary N) is 2. The summed E-state index contributed by atoms with van der Waals surface area (Å²) in [4.78, 5) is 12.6. The van der Waals surface area contributed by atoms with Gasteiger partial charge in [-0.3, -0.25) is 9.89 Å². The van der Waals surface area contributed by atoms with Gasteiger partial charge in [0, 0.05) is 5.69 Å². The van der Waals surface area contributed by atoms with Crippen LogP contribution in [0.3, 0.4) is 0 Å². The van der Waals surface area contributed by atoms with Crippen LogP contribution in [-0.2, 0) is 30.6 Å². The van der Waals surface area contributed by atoms with E-state index >= 15 is 0 Å². The summed E-state index contributed by atoms with van der Waals surface area (Å²) in [5, 5.41) is 10.7. The van der Waals surface area contributed by atoms with Gasteiger partial charge in [0.25, 0.3) is 0 Å². The number of benzene rings is 1. The Kier molecular flexibility index (Phi) is 3.90. The maximum Gasteiger partial charge on any atom is 0.227 e. The smallest absolute Gasteiger partial charge is 0.227 e. The van der Waals surface area contributed by atoms with Crippen LogP contribution in [-0.4, -0.2) is 16.1 Å². The molecule has 1 heterocycles. The first-order valence-electron chi connectivity index (χ1n) is 8.73. The van der Waals surface area contributed by atoms with Crippen molar-refractivity contribution in [1.82, 2.24) is 15.5 Å². The molecule has 23 heavy (non-hydrogen) atoms. The Bertz CT molecular complexity index is 719. The third-order valence-electron chi connectivity index (χ3n) is 5.27. The highest BCUT2D eigenvalue weighted by atomic mass is 16.1. The fourth-order valence-electron chi connectivity index (χ4n) is 4.00. The summed E-state index contributed by atoms with van der Waals surface area (Å²) in [5.74, 6) is 0.143. The van der Waals surface area contributed by atoms with Gasteiger partial charge in [0.1, 0.15) is 0 Å². The van der Waals surface area contributed by atoms with Gasteiger partial charge in [-0.05, 0) is 55.2 Å². The van der Waals surface area contributed by atoms with Crippen LogP contribution in [0, 0.1) is 0 Å². The molecule has 1 aromatic heterocycles. The van der Waals surface area contributed by atoms with Crippen LogP contribution in [0.4, 0.5) is 0 Å². The zero-order chi connectivity index (χ0) is 15.6. The Morgan fingerprint density at radius 3 is 3.00 bits per heavy atom. The van der Waals surface area contributed by atoms with Crippen LogP contribution < -0.4 is 5.32 Å². The van der Waals surface area contributed by atoms with Gasteiger partial charge < -0.3 is 5.32 Å².